The molecule has 0 amide bonds. The van der Waals surface area contributed by atoms with Crippen molar-refractivity contribution in [3.63, 3.8) is 0 Å². The lowest BCUT2D eigenvalue weighted by Gasteiger charge is -2.07. The van der Waals surface area contributed by atoms with Crippen molar-refractivity contribution in [2.24, 2.45) is 0 Å². The summed E-state index contributed by atoms with van der Waals surface area (Å²) in [6.45, 7) is 1.16. The Balaban J connectivity index is 2.25. The average molecular weight is 311 g/mol. The zero-order valence-corrected chi connectivity index (χ0v) is 10.4. The largest absolute Gasteiger partial charge is 0.310 e. The molecule has 4 heteroatoms. The highest BCUT2D eigenvalue weighted by atomic mass is 79.9. The summed E-state index contributed by atoms with van der Waals surface area (Å²) < 4.78 is 2.46. The van der Waals surface area contributed by atoms with Crippen LogP contribution in [0.5, 0.6) is 0 Å². The van der Waals surface area contributed by atoms with Crippen LogP contribution < -0.4 is 5.32 Å². The van der Waals surface area contributed by atoms with Crippen molar-refractivity contribution in [2.45, 2.75) is 18.9 Å². The van der Waals surface area contributed by atoms with Crippen LogP contribution in [0, 0.1) is 0 Å². The van der Waals surface area contributed by atoms with Gasteiger partial charge in [0.2, 0.25) is 0 Å². The quantitative estimate of drug-likeness (QED) is 0.834. The lowest BCUT2D eigenvalue weighted by Crippen LogP contribution is -2.12. The fraction of sp³-hybridized carbons (Fsp3) is 0.500. The van der Waals surface area contributed by atoms with Gasteiger partial charge in [-0.15, -0.1) is 11.3 Å². The molecule has 1 atom stereocenters. The number of thiophene rings is 1. The van der Waals surface area contributed by atoms with Gasteiger partial charge < -0.3 is 5.32 Å². The molecule has 2 heterocycles. The molecule has 1 nitrogen and oxygen atoms in total. The van der Waals surface area contributed by atoms with Gasteiger partial charge in [0, 0.05) is 6.04 Å². The van der Waals surface area contributed by atoms with Crippen molar-refractivity contribution < 1.29 is 0 Å². The first-order valence-corrected chi connectivity index (χ1v) is 6.36. The molecule has 1 N–H and O–H groups in total. The van der Waals surface area contributed by atoms with E-state index < -0.39 is 0 Å². The normalized spacial score (nSPS) is 23.3. The highest BCUT2D eigenvalue weighted by molar-refractivity contribution is 9.12. The Bertz CT molecular complexity index is 279. The molecule has 0 aromatic carbocycles. The van der Waals surface area contributed by atoms with Crippen molar-refractivity contribution in [1.82, 2.24) is 5.32 Å². The summed E-state index contributed by atoms with van der Waals surface area (Å²) in [5, 5.41) is 3.48. The summed E-state index contributed by atoms with van der Waals surface area (Å²) in [4.78, 5) is 0. The Morgan fingerprint density at radius 3 is 2.83 bits per heavy atom. The Hall–Kier alpha value is 0.620. The van der Waals surface area contributed by atoms with Gasteiger partial charge in [0.25, 0.3) is 0 Å². The predicted molar refractivity (Wildman–Crippen MR) is 59.7 cm³/mol. The SMILES string of the molecule is Brc1cc(C2CCCN2)c(Br)s1. The van der Waals surface area contributed by atoms with Gasteiger partial charge >= 0.3 is 0 Å². The summed E-state index contributed by atoms with van der Waals surface area (Å²) >= 11 is 8.82. The topological polar surface area (TPSA) is 12.0 Å². The van der Waals surface area contributed by atoms with Crippen molar-refractivity contribution in [3.8, 4) is 0 Å². The standard InChI is InChI=1S/C8H9Br2NS/c9-7-4-5(8(10)12-7)6-2-1-3-11-6/h4,6,11H,1-3H2. The third kappa shape index (κ3) is 1.76. The first-order chi connectivity index (χ1) is 5.77. The van der Waals surface area contributed by atoms with Crippen LogP contribution in [0.3, 0.4) is 0 Å². The Morgan fingerprint density at radius 2 is 2.33 bits per heavy atom. The van der Waals surface area contributed by atoms with E-state index in [1.807, 2.05) is 0 Å². The zero-order chi connectivity index (χ0) is 8.55. The molecule has 0 bridgehead atoms. The molecule has 12 heavy (non-hydrogen) atoms. The molecule has 1 aromatic rings. The van der Waals surface area contributed by atoms with Crippen molar-refractivity contribution >= 4 is 43.2 Å². The molecule has 2 rings (SSSR count). The summed E-state index contributed by atoms with van der Waals surface area (Å²) in [6, 6.07) is 2.78. The molecule has 1 aliphatic rings. The lowest BCUT2D eigenvalue weighted by molar-refractivity contribution is 0.648. The van der Waals surface area contributed by atoms with E-state index in [-0.39, 0.29) is 0 Å². The second-order valence-corrected chi connectivity index (χ2v) is 6.68. The minimum absolute atomic E-state index is 0.571. The number of hydrogen-bond acceptors (Lipinski definition) is 2. The molecule has 0 saturated carbocycles. The van der Waals surface area contributed by atoms with Gasteiger partial charge in [-0.2, -0.15) is 0 Å². The van der Waals surface area contributed by atoms with E-state index in [0.717, 1.165) is 6.54 Å². The van der Waals surface area contributed by atoms with Gasteiger partial charge in [-0.05, 0) is 62.9 Å². The van der Waals surface area contributed by atoms with Crippen molar-refractivity contribution in [1.29, 1.82) is 0 Å². The second kappa shape index (κ2) is 3.78. The summed E-state index contributed by atoms with van der Waals surface area (Å²) in [5.41, 5.74) is 1.41. The Morgan fingerprint density at radius 1 is 1.50 bits per heavy atom. The number of rotatable bonds is 1. The van der Waals surface area contributed by atoms with E-state index in [0.29, 0.717) is 6.04 Å². The van der Waals surface area contributed by atoms with E-state index in [2.05, 4.69) is 43.2 Å². The number of hydrogen-bond donors (Lipinski definition) is 1. The van der Waals surface area contributed by atoms with Gasteiger partial charge in [0.15, 0.2) is 0 Å². The molecule has 1 unspecified atom stereocenters. The first kappa shape index (κ1) is 9.19. The fourth-order valence-corrected chi connectivity index (χ4v) is 4.51. The molecular weight excluding hydrogens is 302 g/mol. The van der Waals surface area contributed by atoms with Crippen LogP contribution in [0.1, 0.15) is 24.4 Å². The molecule has 1 saturated heterocycles. The van der Waals surface area contributed by atoms with Gasteiger partial charge in [-0.3, -0.25) is 0 Å². The van der Waals surface area contributed by atoms with Crippen molar-refractivity contribution in [2.75, 3.05) is 6.54 Å². The van der Waals surface area contributed by atoms with Crippen LogP contribution in [-0.4, -0.2) is 6.54 Å². The predicted octanol–water partition coefficient (Wildman–Crippen LogP) is 3.70. The van der Waals surface area contributed by atoms with E-state index in [1.165, 1.54) is 26.0 Å². The fourth-order valence-electron chi connectivity index (χ4n) is 1.54. The maximum absolute atomic E-state index is 3.58. The van der Waals surface area contributed by atoms with Crippen LogP contribution >= 0.6 is 43.2 Å². The van der Waals surface area contributed by atoms with Crippen LogP contribution in [0.2, 0.25) is 0 Å². The minimum atomic E-state index is 0.571. The van der Waals surface area contributed by atoms with E-state index in [1.54, 1.807) is 11.3 Å². The molecule has 1 aliphatic heterocycles. The number of nitrogens with one attached hydrogen (secondary N) is 1. The van der Waals surface area contributed by atoms with Crippen LogP contribution in [0.25, 0.3) is 0 Å². The smallest absolute Gasteiger partial charge is 0.0758 e. The van der Waals surface area contributed by atoms with E-state index >= 15 is 0 Å². The maximum atomic E-state index is 3.58. The molecule has 1 aromatic heterocycles. The van der Waals surface area contributed by atoms with Crippen LogP contribution in [0.15, 0.2) is 13.6 Å². The monoisotopic (exact) mass is 309 g/mol. The Kier molecular flexibility index (Phi) is 2.89. The third-order valence-corrected chi connectivity index (χ3v) is 4.50. The van der Waals surface area contributed by atoms with Gasteiger partial charge in [-0.1, -0.05) is 0 Å². The lowest BCUT2D eigenvalue weighted by atomic mass is 10.1. The minimum Gasteiger partial charge on any atom is -0.310 e. The van der Waals surface area contributed by atoms with Gasteiger partial charge in [0.1, 0.15) is 0 Å². The summed E-state index contributed by atoms with van der Waals surface area (Å²) in [7, 11) is 0. The van der Waals surface area contributed by atoms with Crippen molar-refractivity contribution in [3.05, 3.63) is 19.2 Å². The van der Waals surface area contributed by atoms with Gasteiger partial charge in [-0.25, -0.2) is 0 Å². The Labute approximate surface area is 92.8 Å². The molecule has 1 fully saturated rings. The second-order valence-electron chi connectivity index (χ2n) is 2.93. The summed E-state index contributed by atoms with van der Waals surface area (Å²) in [6.07, 6.45) is 2.56. The van der Waals surface area contributed by atoms with E-state index in [9.17, 15) is 0 Å². The molecular formula is C8H9Br2NS. The molecule has 0 radical (unpaired) electrons. The highest BCUT2D eigenvalue weighted by Crippen LogP contribution is 2.37. The van der Waals surface area contributed by atoms with E-state index in [4.69, 9.17) is 0 Å². The highest BCUT2D eigenvalue weighted by Gasteiger charge is 2.19. The molecule has 0 aliphatic carbocycles. The zero-order valence-electron chi connectivity index (χ0n) is 6.44. The summed E-state index contributed by atoms with van der Waals surface area (Å²) in [5.74, 6) is 0. The molecule has 66 valence electrons. The molecule has 0 spiro atoms. The number of halogens is 2. The maximum Gasteiger partial charge on any atom is 0.0758 e. The third-order valence-electron chi connectivity index (χ3n) is 2.12. The van der Waals surface area contributed by atoms with Crippen LogP contribution in [0.4, 0.5) is 0 Å². The first-order valence-electron chi connectivity index (χ1n) is 3.95. The average Bonchev–Trinajstić information content (AvgIpc) is 2.58. The van der Waals surface area contributed by atoms with Gasteiger partial charge in [0.05, 0.1) is 7.57 Å². The van der Waals surface area contributed by atoms with Crippen LogP contribution in [-0.2, 0) is 0 Å².